The van der Waals surface area contributed by atoms with Gasteiger partial charge >= 0.3 is 0 Å². The lowest BCUT2D eigenvalue weighted by Gasteiger charge is -2.24. The summed E-state index contributed by atoms with van der Waals surface area (Å²) in [5.74, 6) is -0.111. The van der Waals surface area contributed by atoms with E-state index in [4.69, 9.17) is 27.9 Å². The van der Waals surface area contributed by atoms with Gasteiger partial charge in [0.15, 0.2) is 0 Å². The summed E-state index contributed by atoms with van der Waals surface area (Å²) in [6.45, 7) is 0.573. The van der Waals surface area contributed by atoms with Crippen LogP contribution >= 0.6 is 23.2 Å². The van der Waals surface area contributed by atoms with Crippen LogP contribution in [0.1, 0.15) is 21.6 Å². The topological polar surface area (TPSA) is 80.3 Å². The molecular weight excluding hydrogens is 437 g/mol. The monoisotopic (exact) mass is 455 g/mol. The molecule has 8 heteroatoms. The Morgan fingerprint density at radius 1 is 1.10 bits per heavy atom. The molecule has 6 nitrogen and oxygen atoms in total. The number of halogens is 2. The lowest BCUT2D eigenvalue weighted by atomic mass is 9.96. The fraction of sp³-hybridized carbons (Fsp3) is 0.174. The number of carbonyl (C=O) groups excluding carboxylic acids is 2. The van der Waals surface area contributed by atoms with Crippen molar-refractivity contribution in [3.8, 4) is 5.75 Å². The number of hydrogen-bond acceptors (Lipinski definition) is 4. The molecule has 4 rings (SSSR count). The third-order valence-corrected chi connectivity index (χ3v) is 5.48. The van der Waals surface area contributed by atoms with E-state index in [0.29, 0.717) is 29.2 Å². The molecule has 1 aromatic heterocycles. The van der Waals surface area contributed by atoms with E-state index < -0.39 is 0 Å². The minimum Gasteiger partial charge on any atom is -0.492 e. The Morgan fingerprint density at radius 2 is 1.97 bits per heavy atom. The number of pyridine rings is 1. The van der Waals surface area contributed by atoms with E-state index in [0.717, 1.165) is 17.0 Å². The number of hydrogen-bond donors (Lipinski definition) is 2. The van der Waals surface area contributed by atoms with Crippen molar-refractivity contribution in [1.82, 2.24) is 10.3 Å². The van der Waals surface area contributed by atoms with Crippen LogP contribution in [-0.4, -0.2) is 23.4 Å². The molecule has 3 aromatic rings. The standard InChI is InChI=1S/C23H19Cl2N3O3/c24-16-4-7-21-14(10-16)9-15(13-31-21)22(29)28-17-5-6-19(20(25)11-17)23(30)27-12-18-3-1-2-8-26-18/h1-8,10-11,15H,9,12-13H2,(H,27,30)(H,28,29). The van der Waals surface area contributed by atoms with E-state index in [1.165, 1.54) is 0 Å². The van der Waals surface area contributed by atoms with Gasteiger partial charge in [0.2, 0.25) is 5.91 Å². The number of rotatable bonds is 5. The summed E-state index contributed by atoms with van der Waals surface area (Å²) >= 11 is 12.3. The molecule has 0 saturated carbocycles. The van der Waals surface area contributed by atoms with Crippen LogP contribution in [0.4, 0.5) is 5.69 Å². The van der Waals surface area contributed by atoms with Crippen molar-refractivity contribution < 1.29 is 14.3 Å². The van der Waals surface area contributed by atoms with Gasteiger partial charge in [-0.3, -0.25) is 14.6 Å². The Labute approximate surface area is 189 Å². The van der Waals surface area contributed by atoms with Gasteiger partial charge in [0, 0.05) is 16.9 Å². The molecule has 31 heavy (non-hydrogen) atoms. The summed E-state index contributed by atoms with van der Waals surface area (Å²) in [6.07, 6.45) is 2.19. The minimum absolute atomic E-state index is 0.186. The molecule has 1 atom stereocenters. The Morgan fingerprint density at radius 3 is 2.74 bits per heavy atom. The van der Waals surface area contributed by atoms with Crippen molar-refractivity contribution in [3.05, 3.63) is 87.7 Å². The molecule has 158 valence electrons. The van der Waals surface area contributed by atoms with E-state index in [1.807, 2.05) is 30.3 Å². The van der Waals surface area contributed by atoms with E-state index in [2.05, 4.69) is 15.6 Å². The summed E-state index contributed by atoms with van der Waals surface area (Å²) in [4.78, 5) is 29.3. The third kappa shape index (κ3) is 5.16. The fourth-order valence-corrected chi connectivity index (χ4v) is 3.78. The molecule has 0 saturated heterocycles. The number of ether oxygens (including phenoxy) is 1. The number of carbonyl (C=O) groups is 2. The van der Waals surface area contributed by atoms with E-state index in [9.17, 15) is 9.59 Å². The largest absolute Gasteiger partial charge is 0.492 e. The highest BCUT2D eigenvalue weighted by Crippen LogP contribution is 2.30. The second-order valence-corrected chi connectivity index (χ2v) is 8.00. The average molecular weight is 456 g/mol. The van der Waals surface area contributed by atoms with Crippen molar-refractivity contribution in [2.75, 3.05) is 11.9 Å². The van der Waals surface area contributed by atoms with Crippen LogP contribution < -0.4 is 15.4 Å². The van der Waals surface area contributed by atoms with Crippen molar-refractivity contribution in [3.63, 3.8) is 0 Å². The van der Waals surface area contributed by atoms with Crippen molar-refractivity contribution in [2.45, 2.75) is 13.0 Å². The van der Waals surface area contributed by atoms with E-state index >= 15 is 0 Å². The molecule has 1 aliphatic heterocycles. The Balaban J connectivity index is 1.38. The number of nitrogens with zero attached hydrogens (tertiary/aromatic N) is 1. The predicted octanol–water partition coefficient (Wildman–Crippen LogP) is 4.51. The molecule has 1 unspecified atom stereocenters. The first-order valence-corrected chi connectivity index (χ1v) is 10.4. The zero-order valence-electron chi connectivity index (χ0n) is 16.4. The van der Waals surface area contributed by atoms with Gasteiger partial charge in [-0.05, 0) is 60.5 Å². The van der Waals surface area contributed by atoms with Crippen LogP contribution in [0.5, 0.6) is 5.75 Å². The van der Waals surface area contributed by atoms with Gasteiger partial charge in [-0.25, -0.2) is 0 Å². The first-order valence-electron chi connectivity index (χ1n) is 9.69. The highest BCUT2D eigenvalue weighted by Gasteiger charge is 2.26. The number of benzene rings is 2. The van der Waals surface area contributed by atoms with Gasteiger partial charge in [-0.15, -0.1) is 0 Å². The van der Waals surface area contributed by atoms with Crippen molar-refractivity contribution in [1.29, 1.82) is 0 Å². The van der Waals surface area contributed by atoms with Crippen LogP contribution in [-0.2, 0) is 17.8 Å². The Bertz CT molecular complexity index is 1120. The van der Waals surface area contributed by atoms with Crippen molar-refractivity contribution in [2.24, 2.45) is 5.92 Å². The summed E-state index contributed by atoms with van der Waals surface area (Å²) < 4.78 is 5.68. The number of anilines is 1. The van der Waals surface area contributed by atoms with Gasteiger partial charge in [0.25, 0.3) is 5.91 Å². The molecule has 0 radical (unpaired) electrons. The maximum atomic E-state index is 12.7. The predicted molar refractivity (Wildman–Crippen MR) is 120 cm³/mol. The number of fused-ring (bicyclic) bond motifs is 1. The second kappa shape index (κ2) is 9.37. The average Bonchev–Trinajstić information content (AvgIpc) is 2.77. The smallest absolute Gasteiger partial charge is 0.253 e. The number of amides is 2. The maximum absolute atomic E-state index is 12.7. The summed E-state index contributed by atoms with van der Waals surface area (Å²) in [6, 6.07) is 15.6. The van der Waals surface area contributed by atoms with Gasteiger partial charge in [0.1, 0.15) is 12.4 Å². The first kappa shape index (κ1) is 21.2. The van der Waals surface area contributed by atoms with Gasteiger partial charge in [0.05, 0.1) is 28.7 Å². The molecule has 0 aliphatic carbocycles. The van der Waals surface area contributed by atoms with Gasteiger partial charge in [-0.2, -0.15) is 0 Å². The first-order chi connectivity index (χ1) is 15.0. The molecule has 0 bridgehead atoms. The highest BCUT2D eigenvalue weighted by molar-refractivity contribution is 6.34. The van der Waals surface area contributed by atoms with Crippen molar-refractivity contribution >= 4 is 40.7 Å². The minimum atomic E-state index is -0.355. The Kier molecular flexibility index (Phi) is 6.39. The van der Waals surface area contributed by atoms with E-state index in [1.54, 1.807) is 30.5 Å². The quantitative estimate of drug-likeness (QED) is 0.592. The third-order valence-electron chi connectivity index (χ3n) is 4.94. The van der Waals surface area contributed by atoms with Crippen LogP contribution in [0.2, 0.25) is 10.0 Å². The summed E-state index contributed by atoms with van der Waals surface area (Å²) in [7, 11) is 0. The number of aromatic nitrogens is 1. The molecule has 1 aliphatic rings. The lowest BCUT2D eigenvalue weighted by Crippen LogP contribution is -2.32. The van der Waals surface area contributed by atoms with E-state index in [-0.39, 0.29) is 29.4 Å². The maximum Gasteiger partial charge on any atom is 0.253 e. The second-order valence-electron chi connectivity index (χ2n) is 7.15. The van der Waals surface area contributed by atoms with Crippen LogP contribution in [0.25, 0.3) is 0 Å². The fourth-order valence-electron chi connectivity index (χ4n) is 3.32. The molecule has 0 fully saturated rings. The lowest BCUT2D eigenvalue weighted by molar-refractivity contribution is -0.121. The molecular formula is C23H19Cl2N3O3. The number of nitrogens with one attached hydrogen (secondary N) is 2. The molecule has 2 N–H and O–H groups in total. The normalized spacial score (nSPS) is 14.8. The summed E-state index contributed by atoms with van der Waals surface area (Å²) in [5.41, 5.74) is 2.47. The summed E-state index contributed by atoms with van der Waals surface area (Å²) in [5, 5.41) is 6.47. The zero-order chi connectivity index (χ0) is 21.8. The molecule has 2 amide bonds. The molecule has 0 spiro atoms. The zero-order valence-corrected chi connectivity index (χ0v) is 17.9. The molecule has 2 aromatic carbocycles. The highest BCUT2D eigenvalue weighted by atomic mass is 35.5. The van der Waals surface area contributed by atoms with Crippen LogP contribution in [0.3, 0.4) is 0 Å². The SMILES string of the molecule is O=C(NCc1ccccn1)c1ccc(NC(=O)C2COc3ccc(Cl)cc3C2)cc1Cl. The van der Waals surface area contributed by atoms with Crippen LogP contribution in [0.15, 0.2) is 60.8 Å². The molecule has 2 heterocycles. The van der Waals surface area contributed by atoms with Gasteiger partial charge in [-0.1, -0.05) is 29.3 Å². The Hall–Kier alpha value is -3.09. The van der Waals surface area contributed by atoms with Crippen LogP contribution in [0, 0.1) is 5.92 Å². The van der Waals surface area contributed by atoms with Gasteiger partial charge < -0.3 is 15.4 Å².